The Balaban J connectivity index is 0.000000272. The molecule has 0 aliphatic heterocycles. The maximum absolute atomic E-state index is 10.5. The van der Waals surface area contributed by atoms with Gasteiger partial charge in [-0.25, -0.2) is 0 Å². The fraction of sp³-hybridized carbons (Fsp3) is 0.214. The predicted octanol–water partition coefficient (Wildman–Crippen LogP) is 11.2. The van der Waals surface area contributed by atoms with E-state index in [9.17, 15) is 5.11 Å². The van der Waals surface area contributed by atoms with Gasteiger partial charge < -0.3 is 5.11 Å². The zero-order valence-electron chi connectivity index (χ0n) is 28.0. The molecule has 0 saturated carbocycles. The van der Waals surface area contributed by atoms with Gasteiger partial charge in [0.1, 0.15) is 5.76 Å². The smallest absolute Gasteiger partial charge is 0.123 e. The van der Waals surface area contributed by atoms with Crippen molar-refractivity contribution in [3.63, 3.8) is 0 Å². The van der Waals surface area contributed by atoms with E-state index in [1.165, 1.54) is 16.2 Å². The Hall–Kier alpha value is -3.14. The van der Waals surface area contributed by atoms with Crippen molar-refractivity contribution in [2.45, 2.75) is 58.5 Å². The molecule has 0 bridgehead atoms. The van der Waals surface area contributed by atoms with Crippen LogP contribution in [0.2, 0.25) is 0 Å². The van der Waals surface area contributed by atoms with Crippen molar-refractivity contribution >= 4 is 37.0 Å². The molecule has 0 aliphatic rings. The third-order valence-electron chi connectivity index (χ3n) is 7.85. The molecule has 4 heteroatoms. The minimum atomic E-state index is -1.06. The molecule has 1 N–H and O–H groups in total. The Morgan fingerprint density at radius 2 is 0.935 bits per heavy atom. The predicted molar refractivity (Wildman–Crippen MR) is 205 cm³/mol. The summed E-state index contributed by atoms with van der Waals surface area (Å²) in [6.07, 6.45) is 0. The summed E-state index contributed by atoms with van der Waals surface area (Å²) in [7, 11) is -0.726. The number of benzene rings is 5. The summed E-state index contributed by atoms with van der Waals surface area (Å²) in [4.78, 5) is 0. The number of rotatable bonds is 8. The molecule has 0 unspecified atom stereocenters. The van der Waals surface area contributed by atoms with Gasteiger partial charge >= 0.3 is 0 Å². The van der Waals surface area contributed by atoms with Gasteiger partial charge in [-0.3, -0.25) is 0 Å². The Morgan fingerprint density at radius 1 is 0.565 bits per heavy atom. The standard InChI is InChI=1S/C20H17OP.C16H27P.C6H5.Ni/c21-20(17-10-4-1-5-11-17)16-22(18-12-6-2-7-13-18)19-14-8-3-9-15-19;1-13(2)17(14(3)4,15(5)6)12-16-10-8-7-9-11-16;1-2-4-6-5-3-1;/h1-16,21H;7-15H,1-6H3;1-5H;/q;;-1;/b20-16-;;;. The van der Waals surface area contributed by atoms with E-state index in [0.29, 0.717) is 5.76 Å². The summed E-state index contributed by atoms with van der Waals surface area (Å²) in [6, 6.07) is 53.7. The Morgan fingerprint density at radius 3 is 1.28 bits per heavy atom. The van der Waals surface area contributed by atoms with Gasteiger partial charge in [0, 0.05) is 22.1 Å². The van der Waals surface area contributed by atoms with Crippen LogP contribution in [0.4, 0.5) is 0 Å². The van der Waals surface area contributed by atoms with Crippen molar-refractivity contribution in [3.8, 4) is 0 Å². The summed E-state index contributed by atoms with van der Waals surface area (Å²) in [5.41, 5.74) is 4.55. The van der Waals surface area contributed by atoms with Crippen molar-refractivity contribution in [1.29, 1.82) is 0 Å². The minimum absolute atomic E-state index is 0. The van der Waals surface area contributed by atoms with Crippen molar-refractivity contribution in [2.75, 3.05) is 0 Å². The van der Waals surface area contributed by atoms with Crippen LogP contribution in [0.5, 0.6) is 0 Å². The molecule has 0 saturated heterocycles. The topological polar surface area (TPSA) is 20.2 Å². The second-order valence-corrected chi connectivity index (χ2v) is 18.9. The van der Waals surface area contributed by atoms with E-state index in [1.54, 1.807) is 0 Å². The largest absolute Gasteiger partial charge is 0.507 e. The fourth-order valence-electron chi connectivity index (χ4n) is 5.66. The molecule has 0 heterocycles. The van der Waals surface area contributed by atoms with Crippen molar-refractivity contribution in [1.82, 2.24) is 0 Å². The van der Waals surface area contributed by atoms with Gasteiger partial charge in [0.05, 0.1) is 0 Å². The van der Waals surface area contributed by atoms with Crippen LogP contribution in [0.3, 0.4) is 0 Å². The second kappa shape index (κ2) is 20.9. The molecule has 1 nitrogen and oxygen atoms in total. The molecule has 0 fully saturated rings. The fourth-order valence-corrected chi connectivity index (χ4v) is 12.8. The van der Waals surface area contributed by atoms with Gasteiger partial charge in [-0.15, -0.1) is 0 Å². The molecule has 0 radical (unpaired) electrons. The third-order valence-corrected chi connectivity index (χ3v) is 16.2. The van der Waals surface area contributed by atoms with Crippen molar-refractivity contribution in [3.05, 3.63) is 175 Å². The first-order chi connectivity index (χ1) is 21.8. The molecule has 244 valence electrons. The van der Waals surface area contributed by atoms with Gasteiger partial charge in [-0.2, -0.15) is 36.4 Å². The van der Waals surface area contributed by atoms with E-state index in [1.807, 2.05) is 103 Å². The third kappa shape index (κ3) is 11.9. The molecule has 0 atom stereocenters. The molecule has 5 aromatic carbocycles. The normalized spacial score (nSPS) is 11.2. The first-order valence-electron chi connectivity index (χ1n) is 15.8. The first-order valence-corrected chi connectivity index (χ1v) is 19.3. The number of aliphatic hydroxyl groups excluding tert-OH is 1. The number of aliphatic hydroxyl groups is 1. The van der Waals surface area contributed by atoms with E-state index in [2.05, 4.69) is 108 Å². The molecular weight excluding hydrogens is 641 g/mol. The summed E-state index contributed by atoms with van der Waals surface area (Å²) in [5, 5.41) is 12.9. The van der Waals surface area contributed by atoms with Crippen LogP contribution < -0.4 is 10.6 Å². The molecule has 46 heavy (non-hydrogen) atoms. The van der Waals surface area contributed by atoms with Crippen LogP contribution in [0.1, 0.15) is 52.7 Å². The first kappa shape index (κ1) is 39.0. The molecule has 5 aromatic rings. The SMILES string of the molecule is CC(C)P(=Cc1ccccc1)(C(C)C)C(C)C.O/C(=C\P(c1ccccc1)c1ccccc1)c1ccccc1.[Ni].[c-]1ccccc1. The molecule has 0 spiro atoms. The maximum Gasteiger partial charge on any atom is 0.123 e. The zero-order chi connectivity index (χ0) is 32.5. The maximum atomic E-state index is 10.5. The summed E-state index contributed by atoms with van der Waals surface area (Å²) in [6.45, 7) is 13.3. The van der Waals surface area contributed by atoms with Crippen molar-refractivity contribution < 1.29 is 21.6 Å². The molecular formula is C42H49NiOP2-. The van der Waals surface area contributed by atoms with Crippen LogP contribution in [-0.4, -0.2) is 27.9 Å². The van der Waals surface area contributed by atoms with Crippen LogP contribution in [-0.2, 0) is 16.5 Å². The molecule has 0 aromatic heterocycles. The zero-order valence-corrected chi connectivity index (χ0v) is 30.8. The van der Waals surface area contributed by atoms with Gasteiger partial charge in [-0.1, -0.05) is 176 Å². The van der Waals surface area contributed by atoms with E-state index in [-0.39, 0.29) is 16.5 Å². The van der Waals surface area contributed by atoms with Gasteiger partial charge in [0.2, 0.25) is 0 Å². The van der Waals surface area contributed by atoms with Gasteiger partial charge in [0.15, 0.2) is 0 Å². The molecule has 0 amide bonds. The molecule has 5 rings (SSSR count). The average Bonchev–Trinajstić information content (AvgIpc) is 3.08. The van der Waals surface area contributed by atoms with E-state index in [0.717, 1.165) is 22.5 Å². The van der Waals surface area contributed by atoms with E-state index >= 15 is 0 Å². The van der Waals surface area contributed by atoms with Gasteiger partial charge in [-0.05, 0) is 46.9 Å². The van der Waals surface area contributed by atoms with E-state index < -0.39 is 14.8 Å². The van der Waals surface area contributed by atoms with E-state index in [4.69, 9.17) is 0 Å². The number of hydrogen-bond acceptors (Lipinski definition) is 1. The van der Waals surface area contributed by atoms with Crippen LogP contribution in [0, 0.1) is 6.07 Å². The summed E-state index contributed by atoms with van der Waals surface area (Å²) >= 11 is 0. The van der Waals surface area contributed by atoms with Crippen LogP contribution in [0.15, 0.2) is 157 Å². The minimum Gasteiger partial charge on any atom is -0.507 e. The Kier molecular flexibility index (Phi) is 17.7. The van der Waals surface area contributed by atoms with Crippen LogP contribution >= 0.6 is 14.8 Å². The summed E-state index contributed by atoms with van der Waals surface area (Å²) < 4.78 is 0. The second-order valence-electron chi connectivity index (χ2n) is 11.7. The Bertz CT molecular complexity index is 1470. The number of hydrogen-bond donors (Lipinski definition) is 1. The van der Waals surface area contributed by atoms with Crippen molar-refractivity contribution in [2.24, 2.45) is 0 Å². The molecule has 0 aliphatic carbocycles. The average molecular weight is 690 g/mol. The monoisotopic (exact) mass is 689 g/mol. The summed E-state index contributed by atoms with van der Waals surface area (Å²) in [5.74, 6) is 4.92. The quantitative estimate of drug-likeness (QED) is 0.0744. The van der Waals surface area contributed by atoms with Gasteiger partial charge in [0.25, 0.3) is 0 Å². The van der Waals surface area contributed by atoms with Crippen LogP contribution in [0.25, 0.3) is 5.76 Å². The Labute approximate surface area is 290 Å².